The molecule has 1 aliphatic rings. The SMILES string of the molecule is CCCN(CC)C(=N)n1cc(OC2CCC(NC(=O)NC(CC(=N)C(C)(C)C)=Nc3cccc(OCCOS(C)(=O)=O)c3)c3ccccc32)ccc1=N. The van der Waals surface area contributed by atoms with Gasteiger partial charge in [0.15, 0.2) is 0 Å². The molecule has 2 atom stereocenters. The molecule has 15 heteroatoms. The Balaban J connectivity index is 1.49. The largest absolute Gasteiger partial charge is 0.491 e. The third-order valence-electron chi connectivity index (χ3n) is 8.58. The van der Waals surface area contributed by atoms with Crippen LogP contribution in [0.4, 0.5) is 10.5 Å². The number of aliphatic imine (C=N–C) groups is 1. The highest BCUT2D eigenvalue weighted by atomic mass is 32.2. The molecule has 1 aromatic heterocycles. The van der Waals surface area contributed by atoms with Crippen molar-refractivity contribution in [1.82, 2.24) is 20.1 Å². The number of benzene rings is 2. The number of carbonyl (C=O) groups is 1. The molecule has 0 spiro atoms. The van der Waals surface area contributed by atoms with E-state index >= 15 is 0 Å². The standard InChI is InChI=1S/C38H52N8O6S/c1-7-20-45(8-2)36(41)46-25-28(16-19-34(46)40)52-32-18-17-31(29-14-9-10-15-30(29)32)43-37(47)44-35(24-33(39)38(3,4)5)42-26-12-11-13-27(23-26)50-21-22-51-53(6,48)49/h9-16,19,23,25,31-32,39-41H,7-8,17-18,20-22,24H2,1-6H3,(H2,42,43,44,47). The Morgan fingerprint density at radius 3 is 2.42 bits per heavy atom. The van der Waals surface area contributed by atoms with Crippen LogP contribution in [0.25, 0.3) is 0 Å². The van der Waals surface area contributed by atoms with Crippen molar-refractivity contribution < 1.29 is 26.9 Å². The molecule has 0 saturated carbocycles. The summed E-state index contributed by atoms with van der Waals surface area (Å²) in [7, 11) is -3.58. The van der Waals surface area contributed by atoms with Crippen molar-refractivity contribution >= 4 is 39.3 Å². The predicted octanol–water partition coefficient (Wildman–Crippen LogP) is 6.28. The summed E-state index contributed by atoms with van der Waals surface area (Å²) >= 11 is 0. The van der Waals surface area contributed by atoms with Gasteiger partial charge in [0.2, 0.25) is 5.96 Å². The number of nitrogens with zero attached hydrogens (tertiary/aromatic N) is 3. The number of hydrogen-bond donors (Lipinski definition) is 5. The van der Waals surface area contributed by atoms with Gasteiger partial charge in [-0.3, -0.25) is 24.9 Å². The van der Waals surface area contributed by atoms with Crippen LogP contribution in [0.3, 0.4) is 0 Å². The van der Waals surface area contributed by atoms with Crippen LogP contribution in [0, 0.1) is 21.6 Å². The zero-order valence-electron chi connectivity index (χ0n) is 31.4. The number of ether oxygens (including phenoxy) is 2. The molecule has 4 rings (SSSR count). The van der Waals surface area contributed by atoms with Crippen LogP contribution in [-0.2, 0) is 14.3 Å². The Morgan fingerprint density at radius 2 is 1.74 bits per heavy atom. The van der Waals surface area contributed by atoms with Crippen molar-refractivity contribution in [1.29, 1.82) is 16.2 Å². The molecule has 0 radical (unpaired) electrons. The first-order valence-corrected chi connectivity index (χ1v) is 19.6. The van der Waals surface area contributed by atoms with Crippen LogP contribution in [0.5, 0.6) is 11.5 Å². The van der Waals surface area contributed by atoms with Crippen molar-refractivity contribution in [3.05, 3.63) is 83.5 Å². The third-order valence-corrected chi connectivity index (χ3v) is 9.18. The minimum atomic E-state index is -3.58. The molecule has 53 heavy (non-hydrogen) atoms. The lowest BCUT2D eigenvalue weighted by atomic mass is 9.85. The maximum Gasteiger partial charge on any atom is 0.320 e. The summed E-state index contributed by atoms with van der Waals surface area (Å²) < 4.78 is 40.9. The van der Waals surface area contributed by atoms with Gasteiger partial charge in [-0.05, 0) is 67.0 Å². The van der Waals surface area contributed by atoms with Crippen LogP contribution in [-0.4, -0.2) is 74.0 Å². The van der Waals surface area contributed by atoms with Gasteiger partial charge in [0.25, 0.3) is 10.1 Å². The van der Waals surface area contributed by atoms with Gasteiger partial charge in [-0.1, -0.05) is 58.0 Å². The molecule has 286 valence electrons. The lowest BCUT2D eigenvalue weighted by molar-refractivity contribution is 0.171. The van der Waals surface area contributed by atoms with Crippen molar-refractivity contribution in [3.8, 4) is 11.5 Å². The highest BCUT2D eigenvalue weighted by Gasteiger charge is 2.30. The monoisotopic (exact) mass is 748 g/mol. The molecule has 0 bridgehead atoms. The number of nitrogens with one attached hydrogen (secondary N) is 5. The quantitative estimate of drug-likeness (QED) is 0.0554. The summed E-state index contributed by atoms with van der Waals surface area (Å²) in [6.07, 6.45) is 4.55. The van der Waals surface area contributed by atoms with Crippen LogP contribution < -0.4 is 25.6 Å². The van der Waals surface area contributed by atoms with Crippen molar-refractivity contribution in [2.75, 3.05) is 32.6 Å². The first-order valence-electron chi connectivity index (χ1n) is 17.7. The molecule has 14 nitrogen and oxygen atoms in total. The maximum absolute atomic E-state index is 13.6. The van der Waals surface area contributed by atoms with Gasteiger partial charge in [0.1, 0.15) is 42.1 Å². The number of pyridine rings is 1. The van der Waals surface area contributed by atoms with Gasteiger partial charge in [-0.25, -0.2) is 9.79 Å². The van der Waals surface area contributed by atoms with E-state index in [1.807, 2.05) is 56.9 Å². The minimum absolute atomic E-state index is 0.0100. The lowest BCUT2D eigenvalue weighted by Crippen LogP contribution is -2.43. The lowest BCUT2D eigenvalue weighted by Gasteiger charge is -2.32. The Labute approximate surface area is 312 Å². The van der Waals surface area contributed by atoms with Gasteiger partial charge in [0, 0.05) is 31.3 Å². The molecule has 1 heterocycles. The number of amidine groups is 1. The molecule has 5 N–H and O–H groups in total. The van der Waals surface area contributed by atoms with Gasteiger partial charge in [0.05, 0.1) is 24.2 Å². The average molecular weight is 749 g/mol. The Hall–Kier alpha value is -5.02. The molecule has 2 unspecified atom stereocenters. The minimum Gasteiger partial charge on any atom is -0.491 e. The highest BCUT2D eigenvalue weighted by molar-refractivity contribution is 7.85. The summed E-state index contributed by atoms with van der Waals surface area (Å²) in [5.74, 6) is 1.49. The topological polar surface area (TPSA) is 195 Å². The van der Waals surface area contributed by atoms with E-state index in [4.69, 9.17) is 29.9 Å². The average Bonchev–Trinajstić information content (AvgIpc) is 3.10. The van der Waals surface area contributed by atoms with Gasteiger partial charge in [-0.15, -0.1) is 0 Å². The Bertz CT molecular complexity index is 1970. The van der Waals surface area contributed by atoms with E-state index in [0.29, 0.717) is 48.8 Å². The number of fused-ring (bicyclic) bond motifs is 1. The Morgan fingerprint density at radius 1 is 1.00 bits per heavy atom. The number of rotatable bonds is 14. The van der Waals surface area contributed by atoms with Crippen molar-refractivity contribution in [2.45, 2.75) is 72.4 Å². The van der Waals surface area contributed by atoms with Crippen molar-refractivity contribution in [3.63, 3.8) is 0 Å². The highest BCUT2D eigenvalue weighted by Crippen LogP contribution is 2.38. The fraction of sp³-hybridized carbons (Fsp3) is 0.447. The molecule has 2 amide bonds. The second-order valence-electron chi connectivity index (χ2n) is 13.8. The fourth-order valence-electron chi connectivity index (χ4n) is 5.76. The fourth-order valence-corrected chi connectivity index (χ4v) is 6.13. The summed E-state index contributed by atoms with van der Waals surface area (Å²) in [5.41, 5.74) is 2.45. The molecule has 3 aromatic rings. The van der Waals surface area contributed by atoms with Crippen LogP contribution >= 0.6 is 0 Å². The second-order valence-corrected chi connectivity index (χ2v) is 15.5. The van der Waals surface area contributed by atoms with E-state index < -0.39 is 21.6 Å². The van der Waals surface area contributed by atoms with Gasteiger partial charge >= 0.3 is 6.03 Å². The number of hydrogen-bond acceptors (Lipinski definition) is 10. The third kappa shape index (κ3) is 12.0. The van der Waals surface area contributed by atoms with E-state index in [1.54, 1.807) is 42.6 Å². The molecule has 1 aliphatic carbocycles. The van der Waals surface area contributed by atoms with E-state index in [2.05, 4.69) is 22.5 Å². The van der Waals surface area contributed by atoms with Crippen LogP contribution in [0.15, 0.2) is 71.9 Å². The first-order chi connectivity index (χ1) is 25.1. The smallest absolute Gasteiger partial charge is 0.320 e. The number of carbonyl (C=O) groups excluding carboxylic acids is 1. The molecule has 0 aliphatic heterocycles. The Kier molecular flexibility index (Phi) is 14.0. The summed E-state index contributed by atoms with van der Waals surface area (Å²) in [5, 5.41) is 31.8. The second kappa shape index (κ2) is 18.1. The molecule has 0 saturated heterocycles. The molecular formula is C38H52N8O6S. The first kappa shape index (κ1) is 40.7. The number of aromatic nitrogens is 1. The molecule has 0 fully saturated rings. The van der Waals surface area contributed by atoms with E-state index in [1.165, 1.54) is 4.57 Å². The zero-order chi connectivity index (χ0) is 38.8. The maximum atomic E-state index is 13.6. The van der Waals surface area contributed by atoms with E-state index in [0.717, 1.165) is 23.8 Å². The predicted molar refractivity (Wildman–Crippen MR) is 206 cm³/mol. The molecule has 2 aromatic carbocycles. The van der Waals surface area contributed by atoms with E-state index in [9.17, 15) is 13.2 Å². The number of amides is 2. The summed E-state index contributed by atoms with van der Waals surface area (Å²) in [6, 6.07) is 17.2. The summed E-state index contributed by atoms with van der Waals surface area (Å²) in [4.78, 5) is 20.2. The van der Waals surface area contributed by atoms with Crippen LogP contribution in [0.1, 0.15) is 83.6 Å². The van der Waals surface area contributed by atoms with Crippen molar-refractivity contribution in [2.24, 2.45) is 10.4 Å². The molecular weight excluding hydrogens is 697 g/mol. The number of urea groups is 1. The van der Waals surface area contributed by atoms with E-state index in [-0.39, 0.29) is 49.1 Å². The van der Waals surface area contributed by atoms with Gasteiger partial charge < -0.3 is 25.1 Å². The normalized spacial score (nSPS) is 15.9. The zero-order valence-corrected chi connectivity index (χ0v) is 32.2. The summed E-state index contributed by atoms with van der Waals surface area (Å²) in [6.45, 7) is 11.1. The van der Waals surface area contributed by atoms with Gasteiger partial charge in [-0.2, -0.15) is 8.42 Å². The van der Waals surface area contributed by atoms with Crippen LogP contribution in [0.2, 0.25) is 0 Å².